The lowest BCUT2D eigenvalue weighted by atomic mass is 10.1. The largest absolute Gasteiger partial charge is 0.373 e. The Morgan fingerprint density at radius 2 is 1.07 bits per heavy atom. The van der Waals surface area contributed by atoms with Gasteiger partial charge in [0.1, 0.15) is 0 Å². The maximum atomic E-state index is 12.2. The van der Waals surface area contributed by atoms with E-state index in [-0.39, 0.29) is 0 Å². The molecule has 2 aromatic carbocycles. The van der Waals surface area contributed by atoms with Crippen molar-refractivity contribution in [2.24, 2.45) is 0 Å². The van der Waals surface area contributed by atoms with E-state index in [9.17, 15) is 9.59 Å². The highest BCUT2D eigenvalue weighted by atomic mass is 17.3. The molecule has 6 nitrogen and oxygen atoms in total. The predicted octanol–water partition coefficient (Wildman–Crippen LogP) is 5.59. The molecule has 0 unspecified atom stereocenters. The second-order valence-electron chi connectivity index (χ2n) is 7.05. The summed E-state index contributed by atoms with van der Waals surface area (Å²) in [5, 5.41) is 0. The number of rotatable bonds is 12. The topological polar surface area (TPSA) is 71.1 Å². The molecule has 0 aromatic heterocycles. The van der Waals surface area contributed by atoms with Gasteiger partial charge in [-0.2, -0.15) is 0 Å². The maximum absolute atomic E-state index is 12.2. The van der Waals surface area contributed by atoms with Crippen molar-refractivity contribution in [2.75, 3.05) is 0 Å². The van der Waals surface area contributed by atoms with E-state index in [4.69, 9.17) is 19.6 Å². The Kier molecular flexibility index (Phi) is 10.0. The van der Waals surface area contributed by atoms with Crippen molar-refractivity contribution < 1.29 is 29.1 Å². The molecule has 0 aliphatic rings. The minimum absolute atomic E-state index is 0.370. The van der Waals surface area contributed by atoms with Gasteiger partial charge in [-0.3, -0.25) is 9.78 Å². The molecule has 0 radical (unpaired) electrons. The van der Waals surface area contributed by atoms with Gasteiger partial charge in [-0.1, -0.05) is 64.3 Å². The molecule has 0 saturated carbocycles. The fourth-order valence-corrected chi connectivity index (χ4v) is 2.83. The van der Waals surface area contributed by atoms with Crippen LogP contribution in [0.5, 0.6) is 0 Å². The number of hydrogen-bond acceptors (Lipinski definition) is 6. The van der Waals surface area contributed by atoms with Gasteiger partial charge in [-0.05, 0) is 48.2 Å². The van der Waals surface area contributed by atoms with Crippen LogP contribution >= 0.6 is 0 Å². The Hall–Kier alpha value is -2.70. The summed E-state index contributed by atoms with van der Waals surface area (Å²) >= 11 is 0. The minimum Gasteiger partial charge on any atom is -0.290 e. The third-order valence-corrected chi connectivity index (χ3v) is 4.44. The molecule has 2 rings (SSSR count). The lowest BCUT2D eigenvalue weighted by Crippen LogP contribution is -2.22. The lowest BCUT2D eigenvalue weighted by molar-refractivity contribution is -0.421. The van der Waals surface area contributed by atoms with E-state index < -0.39 is 18.2 Å². The highest BCUT2D eigenvalue weighted by Gasteiger charge is 2.19. The van der Waals surface area contributed by atoms with Gasteiger partial charge in [0.05, 0.1) is 11.1 Å². The molecule has 0 N–H and O–H groups in total. The van der Waals surface area contributed by atoms with Crippen LogP contribution in [0, 0.1) is 0 Å². The van der Waals surface area contributed by atoms with Crippen LogP contribution in [0.15, 0.2) is 48.5 Å². The summed E-state index contributed by atoms with van der Waals surface area (Å²) in [4.78, 5) is 44.2. The van der Waals surface area contributed by atoms with Crippen LogP contribution in [-0.2, 0) is 32.4 Å². The molecule has 0 aliphatic carbocycles. The van der Waals surface area contributed by atoms with E-state index in [0.717, 1.165) is 36.8 Å². The van der Waals surface area contributed by atoms with E-state index in [0.29, 0.717) is 24.0 Å². The van der Waals surface area contributed by atoms with Crippen LogP contribution in [0.2, 0.25) is 0 Å². The smallest absolute Gasteiger partial charge is 0.290 e. The summed E-state index contributed by atoms with van der Waals surface area (Å²) in [5.74, 6) is -1.28. The van der Waals surface area contributed by atoms with Crippen LogP contribution in [-0.4, -0.2) is 18.2 Å². The molecule has 0 saturated heterocycles. The summed E-state index contributed by atoms with van der Waals surface area (Å²) in [7, 11) is 0. The molecule has 162 valence electrons. The molecule has 6 heteroatoms. The summed E-state index contributed by atoms with van der Waals surface area (Å²) < 4.78 is 0. The first-order valence-electron chi connectivity index (χ1n) is 10.5. The monoisotopic (exact) mass is 414 g/mol. The molecule has 2 aromatic rings. The van der Waals surface area contributed by atoms with Crippen molar-refractivity contribution in [3.05, 3.63) is 70.8 Å². The molecule has 0 fully saturated rings. The molecular weight excluding hydrogens is 384 g/mol. The normalized spacial score (nSPS) is 10.8. The molecule has 0 bridgehead atoms. The van der Waals surface area contributed by atoms with Gasteiger partial charge in [0, 0.05) is 6.42 Å². The second kappa shape index (κ2) is 12.8. The van der Waals surface area contributed by atoms with Crippen molar-refractivity contribution in [1.82, 2.24) is 0 Å². The summed E-state index contributed by atoms with van der Waals surface area (Å²) in [6, 6.07) is 14.3. The molecule has 0 aliphatic heterocycles. The van der Waals surface area contributed by atoms with E-state index in [1.807, 2.05) is 31.2 Å². The van der Waals surface area contributed by atoms with Gasteiger partial charge in [0.15, 0.2) is 0 Å². The zero-order valence-electron chi connectivity index (χ0n) is 17.9. The standard InChI is InChI=1S/C24H30O6/c1-4-7-18-10-14-20(15-11-18)23(25)29-27-22(9-6-3)28-30-24(26)21-16-12-19(8-5-2)13-17-21/h10-17,22H,4-9H2,1-3H3. The Morgan fingerprint density at radius 3 is 1.40 bits per heavy atom. The van der Waals surface area contributed by atoms with E-state index >= 15 is 0 Å². The SMILES string of the molecule is CCCc1ccc(C(=O)OOC(CCC)OOC(=O)c2ccc(CCC)cc2)cc1. The predicted molar refractivity (Wildman–Crippen MR) is 113 cm³/mol. The molecule has 0 atom stereocenters. The first-order valence-corrected chi connectivity index (χ1v) is 10.5. The molecule has 0 heterocycles. The first-order chi connectivity index (χ1) is 14.6. The van der Waals surface area contributed by atoms with E-state index in [1.54, 1.807) is 24.3 Å². The van der Waals surface area contributed by atoms with Crippen LogP contribution in [0.1, 0.15) is 78.3 Å². The maximum Gasteiger partial charge on any atom is 0.373 e. The number of carbonyl (C=O) groups excluding carboxylic acids is 2. The first kappa shape index (κ1) is 23.6. The molecule has 0 spiro atoms. The van der Waals surface area contributed by atoms with Gasteiger partial charge < -0.3 is 0 Å². The van der Waals surface area contributed by atoms with Gasteiger partial charge in [0.25, 0.3) is 0 Å². The number of hydrogen-bond donors (Lipinski definition) is 0. The number of aryl methyl sites for hydroxylation is 2. The fourth-order valence-electron chi connectivity index (χ4n) is 2.83. The zero-order valence-corrected chi connectivity index (χ0v) is 17.9. The van der Waals surface area contributed by atoms with Crippen molar-refractivity contribution in [3.8, 4) is 0 Å². The lowest BCUT2D eigenvalue weighted by Gasteiger charge is -2.14. The van der Waals surface area contributed by atoms with Crippen LogP contribution in [0.4, 0.5) is 0 Å². The van der Waals surface area contributed by atoms with Gasteiger partial charge in [-0.25, -0.2) is 9.59 Å². The van der Waals surface area contributed by atoms with Crippen molar-refractivity contribution >= 4 is 11.9 Å². The van der Waals surface area contributed by atoms with Gasteiger partial charge in [0.2, 0.25) is 6.29 Å². The quantitative estimate of drug-likeness (QED) is 0.256. The van der Waals surface area contributed by atoms with Crippen molar-refractivity contribution in [2.45, 2.75) is 65.6 Å². The average Bonchev–Trinajstić information content (AvgIpc) is 2.76. The van der Waals surface area contributed by atoms with Crippen molar-refractivity contribution in [3.63, 3.8) is 0 Å². The Balaban J connectivity index is 1.84. The molecule has 30 heavy (non-hydrogen) atoms. The third-order valence-electron chi connectivity index (χ3n) is 4.44. The number of carbonyl (C=O) groups is 2. The number of benzene rings is 2. The highest BCUT2D eigenvalue weighted by Crippen LogP contribution is 2.13. The third kappa shape index (κ3) is 7.61. The van der Waals surface area contributed by atoms with E-state index in [2.05, 4.69) is 13.8 Å². The zero-order chi connectivity index (χ0) is 21.8. The molecule has 0 amide bonds. The van der Waals surface area contributed by atoms with E-state index in [1.165, 1.54) is 0 Å². The van der Waals surface area contributed by atoms with Gasteiger partial charge in [-0.15, -0.1) is 9.78 Å². The highest BCUT2D eigenvalue weighted by molar-refractivity contribution is 5.89. The Bertz CT molecular complexity index is 717. The summed E-state index contributed by atoms with van der Waals surface area (Å²) in [5.41, 5.74) is 3.04. The van der Waals surface area contributed by atoms with Crippen molar-refractivity contribution in [1.29, 1.82) is 0 Å². The average molecular weight is 414 g/mol. The van der Waals surface area contributed by atoms with Crippen LogP contribution < -0.4 is 0 Å². The summed E-state index contributed by atoms with van der Waals surface area (Å²) in [6.07, 6.45) is 4.01. The Morgan fingerprint density at radius 1 is 0.667 bits per heavy atom. The second-order valence-corrected chi connectivity index (χ2v) is 7.05. The van der Waals surface area contributed by atoms with Gasteiger partial charge >= 0.3 is 11.9 Å². The van der Waals surface area contributed by atoms with Crippen LogP contribution in [0.3, 0.4) is 0 Å². The Labute approximate surface area is 178 Å². The van der Waals surface area contributed by atoms with Crippen LogP contribution in [0.25, 0.3) is 0 Å². The molecular formula is C24H30O6. The fraction of sp³-hybridized carbons (Fsp3) is 0.417. The summed E-state index contributed by atoms with van der Waals surface area (Å²) in [6.45, 7) is 6.10. The minimum atomic E-state index is -1.01.